The molecule has 2 aromatic rings. The fourth-order valence-electron chi connectivity index (χ4n) is 1.98. The van der Waals surface area contributed by atoms with Gasteiger partial charge in [-0.3, -0.25) is 4.79 Å². The van der Waals surface area contributed by atoms with Crippen molar-refractivity contribution in [2.45, 2.75) is 13.1 Å². The summed E-state index contributed by atoms with van der Waals surface area (Å²) in [5, 5.41) is 2.54. The minimum Gasteiger partial charge on any atom is -0.326 e. The van der Waals surface area contributed by atoms with E-state index < -0.39 is 11.7 Å². The summed E-state index contributed by atoms with van der Waals surface area (Å²) in [5.74, 6) is -0.332. The van der Waals surface area contributed by atoms with Crippen molar-refractivity contribution in [2.24, 2.45) is 0 Å². The Balaban J connectivity index is 2.61. The zero-order valence-corrected chi connectivity index (χ0v) is 10.7. The second-order valence-electron chi connectivity index (χ2n) is 4.27. The number of rotatable bonds is 2. The third-order valence-corrected chi connectivity index (χ3v) is 2.76. The third-order valence-electron chi connectivity index (χ3n) is 2.76. The molecule has 0 aliphatic rings. The Kier molecular flexibility index (Phi) is 3.79. The molecule has 0 aliphatic carbocycles. The number of hydrogen-bond acceptors (Lipinski definition) is 1. The van der Waals surface area contributed by atoms with Crippen LogP contribution in [0.15, 0.2) is 48.5 Å². The molecule has 0 heterocycles. The maximum atomic E-state index is 13.0. The highest BCUT2D eigenvalue weighted by molar-refractivity contribution is 5.94. The van der Waals surface area contributed by atoms with Crippen LogP contribution in [-0.4, -0.2) is 5.91 Å². The molecule has 2 rings (SSSR count). The Morgan fingerprint density at radius 1 is 0.950 bits per heavy atom. The highest BCUT2D eigenvalue weighted by Crippen LogP contribution is 2.39. The van der Waals surface area contributed by atoms with Crippen LogP contribution in [-0.2, 0) is 11.0 Å². The Morgan fingerprint density at radius 3 is 2.10 bits per heavy atom. The van der Waals surface area contributed by atoms with Gasteiger partial charge in [0.1, 0.15) is 0 Å². The lowest BCUT2D eigenvalue weighted by molar-refractivity contribution is -0.137. The molecule has 104 valence electrons. The molecule has 2 aromatic carbocycles. The molecule has 20 heavy (non-hydrogen) atoms. The summed E-state index contributed by atoms with van der Waals surface area (Å²) in [5.41, 5.74) is 0.0227. The van der Waals surface area contributed by atoms with E-state index in [2.05, 4.69) is 5.32 Å². The average molecular weight is 279 g/mol. The molecule has 0 aromatic heterocycles. The van der Waals surface area contributed by atoms with Gasteiger partial charge in [-0.15, -0.1) is 0 Å². The van der Waals surface area contributed by atoms with Crippen LogP contribution in [0.4, 0.5) is 18.9 Å². The van der Waals surface area contributed by atoms with Gasteiger partial charge in [0, 0.05) is 18.2 Å². The number of benzene rings is 2. The first-order valence-electron chi connectivity index (χ1n) is 5.93. The number of para-hydroxylation sites is 1. The molecular weight excluding hydrogens is 267 g/mol. The number of amides is 1. The van der Waals surface area contributed by atoms with Crippen molar-refractivity contribution >= 4 is 11.6 Å². The van der Waals surface area contributed by atoms with Gasteiger partial charge in [-0.1, -0.05) is 36.4 Å². The van der Waals surface area contributed by atoms with E-state index in [1.54, 1.807) is 24.3 Å². The Labute approximate surface area is 114 Å². The Bertz CT molecular complexity index is 635. The zero-order valence-electron chi connectivity index (χ0n) is 10.7. The molecule has 0 saturated heterocycles. The first-order chi connectivity index (χ1) is 9.39. The van der Waals surface area contributed by atoms with Crippen LogP contribution in [0.1, 0.15) is 12.5 Å². The molecule has 5 heteroatoms. The number of alkyl halides is 3. The zero-order chi connectivity index (χ0) is 14.8. The molecule has 0 saturated carbocycles. The van der Waals surface area contributed by atoms with Crippen molar-refractivity contribution in [3.63, 3.8) is 0 Å². The number of hydrogen-bond donors (Lipinski definition) is 1. The summed E-state index contributed by atoms with van der Waals surface area (Å²) in [6, 6.07) is 11.7. The fourth-order valence-corrected chi connectivity index (χ4v) is 1.98. The maximum absolute atomic E-state index is 13.0. The van der Waals surface area contributed by atoms with Gasteiger partial charge in [0.2, 0.25) is 5.91 Å². The van der Waals surface area contributed by atoms with Crippen molar-refractivity contribution in [3.8, 4) is 11.1 Å². The van der Waals surface area contributed by atoms with Crippen LogP contribution in [0.5, 0.6) is 0 Å². The minimum atomic E-state index is -4.44. The molecule has 1 amide bonds. The lowest BCUT2D eigenvalue weighted by Gasteiger charge is -2.15. The maximum Gasteiger partial charge on any atom is 0.417 e. The molecular formula is C15H12F3NO. The van der Waals surface area contributed by atoms with Gasteiger partial charge in [0.05, 0.1) is 5.56 Å². The van der Waals surface area contributed by atoms with Crippen molar-refractivity contribution < 1.29 is 18.0 Å². The van der Waals surface area contributed by atoms with Gasteiger partial charge < -0.3 is 5.32 Å². The largest absolute Gasteiger partial charge is 0.417 e. The SMILES string of the molecule is CC(=O)Nc1ccccc1-c1ccccc1C(F)(F)F. The predicted octanol–water partition coefficient (Wildman–Crippen LogP) is 4.33. The quantitative estimate of drug-likeness (QED) is 0.871. The van der Waals surface area contributed by atoms with Gasteiger partial charge >= 0.3 is 6.18 Å². The molecule has 0 bridgehead atoms. The Hall–Kier alpha value is -2.30. The van der Waals surface area contributed by atoms with Crippen molar-refractivity contribution in [3.05, 3.63) is 54.1 Å². The molecule has 0 atom stereocenters. The molecule has 2 nitrogen and oxygen atoms in total. The van der Waals surface area contributed by atoms with E-state index in [0.29, 0.717) is 11.3 Å². The molecule has 0 radical (unpaired) electrons. The first-order valence-corrected chi connectivity index (χ1v) is 5.93. The summed E-state index contributed by atoms with van der Waals surface area (Å²) < 4.78 is 39.1. The molecule has 0 unspecified atom stereocenters. The lowest BCUT2D eigenvalue weighted by Crippen LogP contribution is -2.10. The van der Waals surface area contributed by atoms with Crippen LogP contribution in [0.2, 0.25) is 0 Å². The normalized spacial score (nSPS) is 11.2. The van der Waals surface area contributed by atoms with Gasteiger partial charge in [0.15, 0.2) is 0 Å². The number of carbonyl (C=O) groups is 1. The predicted molar refractivity (Wildman–Crippen MR) is 71.2 cm³/mol. The Morgan fingerprint density at radius 2 is 1.50 bits per heavy atom. The molecule has 0 spiro atoms. The summed E-state index contributed by atoms with van der Waals surface area (Å²) in [6.45, 7) is 1.31. The van der Waals surface area contributed by atoms with Crippen LogP contribution < -0.4 is 5.32 Å². The smallest absolute Gasteiger partial charge is 0.326 e. The van der Waals surface area contributed by atoms with Crippen LogP contribution in [0, 0.1) is 0 Å². The summed E-state index contributed by atoms with van der Waals surface area (Å²) >= 11 is 0. The lowest BCUT2D eigenvalue weighted by atomic mass is 9.98. The number of anilines is 1. The summed E-state index contributed by atoms with van der Waals surface area (Å²) in [7, 11) is 0. The van der Waals surface area contributed by atoms with Gasteiger partial charge in [-0.2, -0.15) is 13.2 Å². The number of halogens is 3. The van der Waals surface area contributed by atoms with Gasteiger partial charge in [-0.05, 0) is 17.7 Å². The highest BCUT2D eigenvalue weighted by atomic mass is 19.4. The highest BCUT2D eigenvalue weighted by Gasteiger charge is 2.33. The van der Waals surface area contributed by atoms with Crippen molar-refractivity contribution in [1.82, 2.24) is 0 Å². The third kappa shape index (κ3) is 2.99. The van der Waals surface area contributed by atoms with Crippen molar-refractivity contribution in [2.75, 3.05) is 5.32 Å². The molecule has 0 aliphatic heterocycles. The van der Waals surface area contributed by atoms with E-state index in [4.69, 9.17) is 0 Å². The van der Waals surface area contributed by atoms with E-state index in [1.807, 2.05) is 0 Å². The molecule has 1 N–H and O–H groups in total. The van der Waals surface area contributed by atoms with Gasteiger partial charge in [0.25, 0.3) is 0 Å². The summed E-state index contributed by atoms with van der Waals surface area (Å²) in [6.07, 6.45) is -4.44. The van der Waals surface area contributed by atoms with E-state index in [1.165, 1.54) is 25.1 Å². The second kappa shape index (κ2) is 5.36. The molecule has 0 fully saturated rings. The van der Waals surface area contributed by atoms with Gasteiger partial charge in [-0.25, -0.2) is 0 Å². The van der Waals surface area contributed by atoms with Crippen LogP contribution >= 0.6 is 0 Å². The summed E-state index contributed by atoms with van der Waals surface area (Å²) in [4.78, 5) is 11.1. The minimum absolute atomic E-state index is 0.0457. The second-order valence-corrected chi connectivity index (χ2v) is 4.27. The standard InChI is InChI=1S/C15H12F3NO/c1-10(20)19-14-9-5-3-7-12(14)11-6-2-4-8-13(11)15(16,17)18/h2-9H,1H3,(H,19,20). The first kappa shape index (κ1) is 14.1. The van der Waals surface area contributed by atoms with Crippen LogP contribution in [0.25, 0.3) is 11.1 Å². The fraction of sp³-hybridized carbons (Fsp3) is 0.133. The van der Waals surface area contributed by atoms with Crippen LogP contribution in [0.3, 0.4) is 0 Å². The van der Waals surface area contributed by atoms with E-state index >= 15 is 0 Å². The van der Waals surface area contributed by atoms with E-state index in [0.717, 1.165) is 6.07 Å². The van der Waals surface area contributed by atoms with Crippen molar-refractivity contribution in [1.29, 1.82) is 0 Å². The monoisotopic (exact) mass is 279 g/mol. The topological polar surface area (TPSA) is 29.1 Å². The average Bonchev–Trinajstić information content (AvgIpc) is 2.38. The number of nitrogens with one attached hydrogen (secondary N) is 1. The number of carbonyl (C=O) groups excluding carboxylic acids is 1. The van der Waals surface area contributed by atoms with E-state index in [9.17, 15) is 18.0 Å². The van der Waals surface area contributed by atoms with E-state index in [-0.39, 0.29) is 11.5 Å².